The van der Waals surface area contributed by atoms with Crippen LogP contribution in [0.15, 0.2) is 30.3 Å². The summed E-state index contributed by atoms with van der Waals surface area (Å²) in [4.78, 5) is 35.6. The van der Waals surface area contributed by atoms with Gasteiger partial charge < -0.3 is 19.9 Å². The second-order valence-electron chi connectivity index (χ2n) is 8.18. The van der Waals surface area contributed by atoms with Crippen LogP contribution in [0.5, 0.6) is 0 Å². The highest BCUT2D eigenvalue weighted by Gasteiger charge is 2.38. The fourth-order valence-corrected chi connectivity index (χ4v) is 3.64. The number of esters is 2. The molecule has 2 atom stereocenters. The second kappa shape index (κ2) is 13.3. The molecule has 0 saturated carbocycles. The topological polar surface area (TPSA) is 145 Å². The average Bonchev–Trinajstić information content (AvgIpc) is 2.75. The Bertz CT molecular complexity index is 884. The van der Waals surface area contributed by atoms with E-state index in [1.807, 2.05) is 6.92 Å². The van der Waals surface area contributed by atoms with Crippen molar-refractivity contribution in [3.8, 4) is 0 Å². The van der Waals surface area contributed by atoms with Crippen molar-refractivity contribution in [3.63, 3.8) is 0 Å². The fraction of sp³-hybridized carbons (Fsp3) is 0.591. The number of carbonyl (C=O) groups excluding carboxylic acids is 3. The molecule has 0 saturated heterocycles. The molecule has 1 rings (SSSR count). The van der Waals surface area contributed by atoms with Crippen LogP contribution < -0.4 is 5.32 Å². The number of carbonyl (C=O) groups is 3. The van der Waals surface area contributed by atoms with Gasteiger partial charge in [0.1, 0.15) is 0 Å². The van der Waals surface area contributed by atoms with E-state index in [0.717, 1.165) is 0 Å². The third-order valence-corrected chi connectivity index (χ3v) is 5.80. The summed E-state index contributed by atoms with van der Waals surface area (Å²) in [6.45, 7) is 5.71. The van der Waals surface area contributed by atoms with Crippen molar-refractivity contribution in [2.24, 2.45) is 5.41 Å². The van der Waals surface area contributed by atoms with Gasteiger partial charge in [-0.05, 0) is 25.0 Å². The number of rotatable bonds is 14. The third-order valence-electron chi connectivity index (χ3n) is 4.54. The third kappa shape index (κ3) is 10.8. The highest BCUT2D eigenvalue weighted by atomic mass is 32.2. The SMILES string of the molecule is CCCC(OC(=O)c1ccccc1)OC(=O)[C@H](O)C(C)(C)COS(=O)(=O)CCCNC(C)=O. The Morgan fingerprint density at radius 2 is 1.76 bits per heavy atom. The molecule has 1 unspecified atom stereocenters. The quantitative estimate of drug-likeness (QED) is 0.173. The van der Waals surface area contributed by atoms with Gasteiger partial charge in [-0.25, -0.2) is 9.59 Å². The second-order valence-corrected chi connectivity index (χ2v) is 9.94. The molecule has 0 bridgehead atoms. The number of ether oxygens (including phenoxy) is 2. The first-order valence-electron chi connectivity index (χ1n) is 10.6. The highest BCUT2D eigenvalue weighted by Crippen LogP contribution is 2.24. The van der Waals surface area contributed by atoms with Gasteiger partial charge >= 0.3 is 11.9 Å². The van der Waals surface area contributed by atoms with Gasteiger partial charge in [0.2, 0.25) is 12.2 Å². The van der Waals surface area contributed by atoms with Gasteiger partial charge in [0.25, 0.3) is 10.1 Å². The summed E-state index contributed by atoms with van der Waals surface area (Å²) >= 11 is 0. The van der Waals surface area contributed by atoms with Crippen molar-refractivity contribution in [2.75, 3.05) is 18.9 Å². The summed E-state index contributed by atoms with van der Waals surface area (Å²) in [7, 11) is -3.93. The van der Waals surface area contributed by atoms with Gasteiger partial charge in [-0.15, -0.1) is 0 Å². The van der Waals surface area contributed by atoms with Crippen molar-refractivity contribution in [3.05, 3.63) is 35.9 Å². The molecular formula is C22H33NO9S. The lowest BCUT2D eigenvalue weighted by molar-refractivity contribution is -0.186. The van der Waals surface area contributed by atoms with E-state index >= 15 is 0 Å². The summed E-state index contributed by atoms with van der Waals surface area (Å²) in [6, 6.07) is 8.18. The van der Waals surface area contributed by atoms with Gasteiger partial charge in [-0.3, -0.25) is 8.98 Å². The summed E-state index contributed by atoms with van der Waals surface area (Å²) in [5, 5.41) is 12.9. The molecule has 186 valence electrons. The average molecular weight is 488 g/mol. The van der Waals surface area contributed by atoms with Crippen LogP contribution in [0.3, 0.4) is 0 Å². The standard InChI is InChI=1S/C22H33NO9S/c1-5-10-18(31-20(26)17-11-7-6-8-12-17)32-21(27)19(25)22(3,4)15-30-33(28,29)14-9-13-23-16(2)24/h6-8,11-12,18-19,25H,5,9-10,13-15H2,1-4H3,(H,23,24)/t18?,19-/m0/s1. The first-order chi connectivity index (χ1) is 15.4. The minimum Gasteiger partial charge on any atom is -0.423 e. The molecular weight excluding hydrogens is 454 g/mol. The van der Waals surface area contributed by atoms with E-state index in [0.29, 0.717) is 6.42 Å². The monoisotopic (exact) mass is 487 g/mol. The van der Waals surface area contributed by atoms with E-state index in [1.165, 1.54) is 20.8 Å². The zero-order chi connectivity index (χ0) is 25.1. The first-order valence-corrected chi connectivity index (χ1v) is 12.2. The smallest absolute Gasteiger partial charge is 0.341 e. The van der Waals surface area contributed by atoms with Crippen LogP contribution in [0.25, 0.3) is 0 Å². The molecule has 1 aromatic rings. The molecule has 0 heterocycles. The molecule has 0 aliphatic heterocycles. The highest BCUT2D eigenvalue weighted by molar-refractivity contribution is 7.86. The lowest BCUT2D eigenvalue weighted by atomic mass is 9.87. The van der Waals surface area contributed by atoms with Crippen molar-refractivity contribution in [2.45, 2.75) is 59.4 Å². The number of hydrogen-bond donors (Lipinski definition) is 2. The number of aliphatic hydroxyl groups excluding tert-OH is 1. The molecule has 0 aliphatic carbocycles. The Morgan fingerprint density at radius 1 is 1.12 bits per heavy atom. The molecule has 1 aromatic carbocycles. The molecule has 10 nitrogen and oxygen atoms in total. The molecule has 1 amide bonds. The molecule has 0 radical (unpaired) electrons. The van der Waals surface area contributed by atoms with Crippen molar-refractivity contribution >= 4 is 28.0 Å². The Balaban J connectivity index is 2.65. The van der Waals surface area contributed by atoms with Gasteiger partial charge in [0.15, 0.2) is 6.10 Å². The van der Waals surface area contributed by atoms with Crippen LogP contribution in [-0.2, 0) is 33.4 Å². The molecule has 0 fully saturated rings. The maximum atomic E-state index is 12.5. The van der Waals surface area contributed by atoms with Crippen molar-refractivity contribution < 1.29 is 41.6 Å². The number of hydrogen-bond acceptors (Lipinski definition) is 9. The Labute approximate surface area is 194 Å². The lowest BCUT2D eigenvalue weighted by Gasteiger charge is -2.29. The Morgan fingerprint density at radius 3 is 2.33 bits per heavy atom. The zero-order valence-electron chi connectivity index (χ0n) is 19.4. The van der Waals surface area contributed by atoms with Crippen molar-refractivity contribution in [1.82, 2.24) is 5.32 Å². The molecule has 11 heteroatoms. The summed E-state index contributed by atoms with van der Waals surface area (Å²) < 4.78 is 39.5. The number of benzene rings is 1. The van der Waals surface area contributed by atoms with Gasteiger partial charge in [-0.1, -0.05) is 39.0 Å². The van der Waals surface area contributed by atoms with Gasteiger partial charge in [0.05, 0.1) is 17.9 Å². The Kier molecular flexibility index (Phi) is 11.5. The first kappa shape index (κ1) is 28.5. The van der Waals surface area contributed by atoms with E-state index in [9.17, 15) is 27.9 Å². The molecule has 0 aromatic heterocycles. The van der Waals surface area contributed by atoms with E-state index in [2.05, 4.69) is 5.32 Å². The minimum absolute atomic E-state index is 0.151. The van der Waals surface area contributed by atoms with Crippen LogP contribution in [0.4, 0.5) is 0 Å². The maximum absolute atomic E-state index is 12.5. The van der Waals surface area contributed by atoms with Crippen LogP contribution in [0, 0.1) is 5.41 Å². The van der Waals surface area contributed by atoms with E-state index < -0.39 is 46.5 Å². The largest absolute Gasteiger partial charge is 0.423 e. The van der Waals surface area contributed by atoms with E-state index in [1.54, 1.807) is 30.3 Å². The number of aliphatic hydroxyl groups is 1. The lowest BCUT2D eigenvalue weighted by Crippen LogP contribution is -2.43. The van der Waals surface area contributed by atoms with Crippen molar-refractivity contribution in [1.29, 1.82) is 0 Å². The zero-order valence-corrected chi connectivity index (χ0v) is 20.2. The molecule has 33 heavy (non-hydrogen) atoms. The number of amides is 1. The van der Waals surface area contributed by atoms with Crippen LogP contribution >= 0.6 is 0 Å². The van der Waals surface area contributed by atoms with Gasteiger partial charge in [-0.2, -0.15) is 8.42 Å². The van der Waals surface area contributed by atoms with Gasteiger partial charge in [0, 0.05) is 25.3 Å². The summed E-state index contributed by atoms with van der Waals surface area (Å²) in [5.74, 6) is -2.35. The predicted octanol–water partition coefficient (Wildman–Crippen LogP) is 1.77. The molecule has 2 N–H and O–H groups in total. The molecule has 0 aliphatic rings. The van der Waals surface area contributed by atoms with E-state index in [4.69, 9.17) is 13.7 Å². The van der Waals surface area contributed by atoms with Crippen LogP contribution in [-0.4, -0.2) is 62.7 Å². The maximum Gasteiger partial charge on any atom is 0.341 e. The number of nitrogens with one attached hydrogen (secondary N) is 1. The van der Waals surface area contributed by atoms with Crippen LogP contribution in [0.2, 0.25) is 0 Å². The normalized spacial score (nSPS) is 13.6. The molecule has 0 spiro atoms. The summed E-state index contributed by atoms with van der Waals surface area (Å²) in [5.41, 5.74) is -1.03. The Hall–Kier alpha value is -2.50. The predicted molar refractivity (Wildman–Crippen MR) is 119 cm³/mol. The summed E-state index contributed by atoms with van der Waals surface area (Å²) in [6.07, 6.45) is -2.03. The van der Waals surface area contributed by atoms with E-state index in [-0.39, 0.29) is 36.6 Å². The van der Waals surface area contributed by atoms with Crippen LogP contribution in [0.1, 0.15) is 57.3 Å². The fourth-order valence-electron chi connectivity index (χ4n) is 2.55. The minimum atomic E-state index is -3.93.